The number of fused-ring (bicyclic) bond motifs is 8. The molecule has 3 nitrogen and oxygen atoms in total. The molecule has 4 aliphatic rings. The lowest BCUT2D eigenvalue weighted by atomic mass is 9.36. The zero-order valence-electron chi connectivity index (χ0n) is 51.4. The minimum absolute atomic E-state index is 0.00277. The molecule has 0 spiro atoms. The van der Waals surface area contributed by atoms with Crippen molar-refractivity contribution in [2.24, 2.45) is 0 Å². The van der Waals surface area contributed by atoms with Crippen LogP contribution in [0.1, 0.15) is 196 Å². The van der Waals surface area contributed by atoms with Gasteiger partial charge >= 0.3 is 0 Å². The predicted octanol–water partition coefficient (Wildman–Crippen LogP) is 19.6. The normalized spacial score (nSPS) is 17.6. The zero-order chi connectivity index (χ0) is 56.7. The van der Waals surface area contributed by atoms with Crippen molar-refractivity contribution in [3.63, 3.8) is 0 Å². The quantitative estimate of drug-likeness (QED) is 0.159. The van der Waals surface area contributed by atoms with E-state index in [1.165, 1.54) is 116 Å². The molecule has 0 bridgehead atoms. The second-order valence-corrected chi connectivity index (χ2v) is 32.2. The second kappa shape index (κ2) is 17.2. The molecule has 8 aromatic rings. The standard InChI is InChI=1S/C74H86BN3S/c1-67(2,3)45-21-27-49(28-22-45)77-60-36-26-47(69(7,8)9)37-59(60)75-64-61(77)41-53(42-62(64)78(50-29-23-46(24-30-50)68(4,5)6)65-54-33-25-48(70(10,11)12)38-63(54)79-66(65)75)76(51-31-34-55-57(39-51)73(17,18)43-71(55,13)14)52-32-35-56-58(40-52)74(19,20)44-72(56,15)16/h21-42H,43-44H2,1-20H3. The van der Waals surface area contributed by atoms with E-state index in [9.17, 15) is 0 Å². The molecule has 0 radical (unpaired) electrons. The Morgan fingerprint density at radius 2 is 0.823 bits per heavy atom. The molecule has 12 rings (SSSR count). The van der Waals surface area contributed by atoms with Gasteiger partial charge in [-0.05, 0) is 184 Å². The average Bonchev–Trinajstić information content (AvgIpc) is 3.08. The van der Waals surface area contributed by atoms with Gasteiger partial charge < -0.3 is 14.7 Å². The average molecular weight is 1060 g/mol. The molecule has 3 heterocycles. The lowest BCUT2D eigenvalue weighted by Crippen LogP contribution is -2.60. The van der Waals surface area contributed by atoms with Gasteiger partial charge in [-0.2, -0.15) is 0 Å². The van der Waals surface area contributed by atoms with Crippen molar-refractivity contribution in [1.29, 1.82) is 0 Å². The first-order valence-corrected chi connectivity index (χ1v) is 30.3. The lowest BCUT2D eigenvalue weighted by molar-refractivity contribution is 0.403. The highest BCUT2D eigenvalue weighted by Gasteiger charge is 2.48. The number of anilines is 9. The van der Waals surface area contributed by atoms with Crippen molar-refractivity contribution in [3.05, 3.63) is 178 Å². The van der Waals surface area contributed by atoms with Gasteiger partial charge in [-0.25, -0.2) is 0 Å². The van der Waals surface area contributed by atoms with E-state index < -0.39 is 0 Å². The van der Waals surface area contributed by atoms with Crippen LogP contribution in [0.4, 0.5) is 51.2 Å². The second-order valence-electron chi connectivity index (χ2n) is 31.1. The van der Waals surface area contributed by atoms with Crippen molar-refractivity contribution in [1.82, 2.24) is 0 Å². The summed E-state index contributed by atoms with van der Waals surface area (Å²) in [6.07, 6.45) is 2.23. The number of hydrogen-bond acceptors (Lipinski definition) is 4. The number of thiophene rings is 1. The number of benzene rings is 7. The van der Waals surface area contributed by atoms with E-state index in [0.717, 1.165) is 18.5 Å². The maximum atomic E-state index is 2.68. The summed E-state index contributed by atoms with van der Waals surface area (Å²) < 4.78 is 2.74. The molecular formula is C74H86BN3S. The van der Waals surface area contributed by atoms with Gasteiger partial charge in [0.15, 0.2) is 0 Å². The molecule has 79 heavy (non-hydrogen) atoms. The minimum atomic E-state index is -0.0545. The third-order valence-electron chi connectivity index (χ3n) is 18.8. The van der Waals surface area contributed by atoms with Crippen LogP contribution in [-0.4, -0.2) is 6.71 Å². The third kappa shape index (κ3) is 8.64. The highest BCUT2D eigenvalue weighted by molar-refractivity contribution is 7.33. The Morgan fingerprint density at radius 3 is 1.30 bits per heavy atom. The summed E-state index contributed by atoms with van der Waals surface area (Å²) in [7, 11) is 0. The van der Waals surface area contributed by atoms with E-state index in [1.807, 2.05) is 11.3 Å². The summed E-state index contributed by atoms with van der Waals surface area (Å²) in [5.74, 6) is 0. The van der Waals surface area contributed by atoms with E-state index in [4.69, 9.17) is 0 Å². The van der Waals surface area contributed by atoms with E-state index in [2.05, 4.69) is 287 Å². The zero-order valence-corrected chi connectivity index (χ0v) is 52.3. The van der Waals surface area contributed by atoms with Crippen molar-refractivity contribution in [2.75, 3.05) is 14.7 Å². The summed E-state index contributed by atoms with van der Waals surface area (Å²) >= 11 is 2.01. The molecule has 5 heteroatoms. The molecule has 0 atom stereocenters. The van der Waals surface area contributed by atoms with E-state index in [-0.39, 0.29) is 50.0 Å². The Labute approximate surface area is 479 Å². The van der Waals surface area contributed by atoms with Crippen molar-refractivity contribution in [3.8, 4) is 0 Å². The first-order chi connectivity index (χ1) is 36.6. The summed E-state index contributed by atoms with van der Waals surface area (Å²) in [6.45, 7) is 47.7. The van der Waals surface area contributed by atoms with Gasteiger partial charge in [0.25, 0.3) is 6.71 Å². The Balaban J connectivity index is 1.23. The monoisotopic (exact) mass is 1060 g/mol. The Hall–Kier alpha value is -6.04. The van der Waals surface area contributed by atoms with E-state index >= 15 is 0 Å². The first-order valence-electron chi connectivity index (χ1n) is 29.5. The number of nitrogens with zero attached hydrogens (tertiary/aromatic N) is 3. The van der Waals surface area contributed by atoms with Crippen LogP contribution in [0.3, 0.4) is 0 Å². The maximum Gasteiger partial charge on any atom is 0.264 e. The molecule has 2 aliphatic carbocycles. The van der Waals surface area contributed by atoms with Crippen LogP contribution in [0.25, 0.3) is 10.1 Å². The van der Waals surface area contributed by atoms with Gasteiger partial charge in [0.1, 0.15) is 0 Å². The molecule has 0 amide bonds. The van der Waals surface area contributed by atoms with Gasteiger partial charge in [0.05, 0.1) is 11.4 Å². The van der Waals surface area contributed by atoms with Crippen LogP contribution >= 0.6 is 11.3 Å². The Morgan fingerprint density at radius 1 is 0.405 bits per heavy atom. The van der Waals surface area contributed by atoms with Crippen LogP contribution in [0.2, 0.25) is 0 Å². The number of hydrogen-bond donors (Lipinski definition) is 0. The van der Waals surface area contributed by atoms with Crippen LogP contribution in [0.15, 0.2) is 133 Å². The van der Waals surface area contributed by atoms with Crippen molar-refractivity contribution >= 4 is 95.0 Å². The van der Waals surface area contributed by atoms with E-state index in [1.54, 1.807) is 0 Å². The SMILES string of the molecule is CC(C)(C)c1ccc(N2c3ccc(C(C)(C)C)cc3B3c4sc5cc(C(C)(C)C)ccc5c4N(c4ccc(C(C)(C)C)cc4)c4cc(N(c5ccc6c(c5)C(C)(C)CC6(C)C)c5ccc6c(c5)C(C)(C)CC6(C)C)cc2c43)cc1. The summed E-state index contributed by atoms with van der Waals surface area (Å²) in [4.78, 5) is 7.94. The fourth-order valence-corrected chi connectivity index (χ4v) is 16.3. The Bertz CT molecular complexity index is 3700. The van der Waals surface area contributed by atoms with Crippen LogP contribution in [0, 0.1) is 0 Å². The summed E-state index contributed by atoms with van der Waals surface area (Å²) in [5.41, 5.74) is 25.0. The molecule has 2 aliphatic heterocycles. The van der Waals surface area contributed by atoms with Crippen LogP contribution in [-0.2, 0) is 43.3 Å². The van der Waals surface area contributed by atoms with Gasteiger partial charge in [0, 0.05) is 54.7 Å². The largest absolute Gasteiger partial charge is 0.311 e. The topological polar surface area (TPSA) is 9.72 Å². The summed E-state index contributed by atoms with van der Waals surface area (Å²) in [6, 6.07) is 54.0. The molecule has 0 unspecified atom stereocenters. The van der Waals surface area contributed by atoms with E-state index in [0.29, 0.717) is 0 Å². The molecule has 0 saturated carbocycles. The molecule has 406 valence electrons. The molecular weight excluding hydrogens is 974 g/mol. The Kier molecular flexibility index (Phi) is 11.7. The fraction of sp³-hybridized carbons (Fsp3) is 0.405. The van der Waals surface area contributed by atoms with Gasteiger partial charge in [-0.1, -0.05) is 199 Å². The summed E-state index contributed by atoms with van der Waals surface area (Å²) in [5, 5.41) is 1.31. The van der Waals surface area contributed by atoms with Crippen LogP contribution in [0.5, 0.6) is 0 Å². The predicted molar refractivity (Wildman–Crippen MR) is 347 cm³/mol. The first kappa shape index (κ1) is 53.6. The third-order valence-corrected chi connectivity index (χ3v) is 20.0. The van der Waals surface area contributed by atoms with Gasteiger partial charge in [-0.3, -0.25) is 0 Å². The molecule has 1 aromatic heterocycles. The molecule has 0 N–H and O–H groups in total. The van der Waals surface area contributed by atoms with Gasteiger partial charge in [0.2, 0.25) is 0 Å². The number of rotatable bonds is 5. The smallest absolute Gasteiger partial charge is 0.264 e. The highest BCUT2D eigenvalue weighted by Crippen LogP contribution is 2.56. The lowest BCUT2D eigenvalue weighted by Gasteiger charge is -2.44. The van der Waals surface area contributed by atoms with Crippen molar-refractivity contribution in [2.45, 2.75) is 195 Å². The molecule has 0 fully saturated rings. The fourth-order valence-electron chi connectivity index (χ4n) is 15.0. The minimum Gasteiger partial charge on any atom is -0.311 e. The highest BCUT2D eigenvalue weighted by atomic mass is 32.1. The van der Waals surface area contributed by atoms with Gasteiger partial charge in [-0.15, -0.1) is 11.3 Å². The molecule has 7 aromatic carbocycles. The van der Waals surface area contributed by atoms with Crippen molar-refractivity contribution < 1.29 is 0 Å². The van der Waals surface area contributed by atoms with Crippen LogP contribution < -0.4 is 30.4 Å². The molecule has 0 saturated heterocycles. The maximum absolute atomic E-state index is 2.68.